The standard InChI is InChI=1S/C24H48O6Si3/c1-13-21(31(10,25-4)26-5)19-17-16-18-20(22(14-2)32(11,27-6)28-7)24(19)23(15-3)33(12,29-8)30-9/h16-18,21-23H,13-15H2,1-12H3. The summed E-state index contributed by atoms with van der Waals surface area (Å²) in [6.07, 6.45) is 2.77. The molecule has 3 atom stereocenters. The van der Waals surface area contributed by atoms with E-state index in [4.69, 9.17) is 26.6 Å². The Kier molecular flexibility index (Phi) is 12.2. The molecule has 0 aliphatic carbocycles. The van der Waals surface area contributed by atoms with E-state index < -0.39 is 25.7 Å². The molecule has 0 saturated heterocycles. The van der Waals surface area contributed by atoms with Crippen molar-refractivity contribution in [3.05, 3.63) is 34.9 Å². The first kappa shape index (κ1) is 30.7. The van der Waals surface area contributed by atoms with Gasteiger partial charge in [-0.2, -0.15) is 0 Å². The minimum atomic E-state index is -2.54. The number of hydrogen-bond acceptors (Lipinski definition) is 6. The van der Waals surface area contributed by atoms with Crippen LogP contribution >= 0.6 is 0 Å². The molecule has 0 aliphatic heterocycles. The van der Waals surface area contributed by atoms with E-state index in [0.29, 0.717) is 0 Å². The maximum absolute atomic E-state index is 6.12. The number of rotatable bonds is 15. The smallest absolute Gasteiger partial charge is 0.342 e. The first-order valence-corrected chi connectivity index (χ1v) is 19.2. The van der Waals surface area contributed by atoms with Crippen LogP contribution in [0.25, 0.3) is 0 Å². The molecular weight excluding hydrogens is 469 g/mol. The monoisotopic (exact) mass is 516 g/mol. The SMILES string of the molecule is CCC(c1cccc(C(CC)[Si](C)(OC)OC)c1C(CC)[Si](C)(OC)OC)[Si](C)(OC)OC. The lowest BCUT2D eigenvalue weighted by Gasteiger charge is -2.41. The third-order valence-corrected chi connectivity index (χ3v) is 18.6. The van der Waals surface area contributed by atoms with Crippen LogP contribution in [-0.2, 0) is 26.6 Å². The lowest BCUT2D eigenvalue weighted by molar-refractivity contribution is 0.230. The predicted molar refractivity (Wildman–Crippen MR) is 142 cm³/mol. The summed E-state index contributed by atoms with van der Waals surface area (Å²) in [6.45, 7) is 13.1. The number of hydrogen-bond donors (Lipinski definition) is 0. The number of benzene rings is 1. The molecule has 3 unspecified atom stereocenters. The van der Waals surface area contributed by atoms with Gasteiger partial charge in [-0.1, -0.05) is 39.0 Å². The fraction of sp³-hybridized carbons (Fsp3) is 0.750. The lowest BCUT2D eigenvalue weighted by atomic mass is 9.91. The molecule has 0 amide bonds. The summed E-state index contributed by atoms with van der Waals surface area (Å²) < 4.78 is 36.5. The van der Waals surface area contributed by atoms with Crippen LogP contribution in [0.5, 0.6) is 0 Å². The summed E-state index contributed by atoms with van der Waals surface area (Å²) in [7, 11) is 3.15. The van der Waals surface area contributed by atoms with Crippen LogP contribution in [-0.4, -0.2) is 68.3 Å². The highest BCUT2D eigenvalue weighted by Gasteiger charge is 2.48. The molecular formula is C24H48O6Si3. The van der Waals surface area contributed by atoms with E-state index in [9.17, 15) is 0 Å². The Balaban J connectivity index is 4.09. The van der Waals surface area contributed by atoms with Gasteiger partial charge in [-0.15, -0.1) is 0 Å². The lowest BCUT2D eigenvalue weighted by Crippen LogP contribution is -2.48. The third kappa shape index (κ3) is 6.07. The van der Waals surface area contributed by atoms with E-state index in [0.717, 1.165) is 19.3 Å². The second kappa shape index (κ2) is 13.1. The molecule has 6 nitrogen and oxygen atoms in total. The molecule has 0 heterocycles. The van der Waals surface area contributed by atoms with Crippen molar-refractivity contribution in [3.63, 3.8) is 0 Å². The highest BCUT2D eigenvalue weighted by Crippen LogP contribution is 2.45. The first-order chi connectivity index (χ1) is 15.6. The quantitative estimate of drug-likeness (QED) is 0.271. The molecule has 0 spiro atoms. The highest BCUT2D eigenvalue weighted by molar-refractivity contribution is 6.69. The van der Waals surface area contributed by atoms with Crippen LogP contribution in [0.4, 0.5) is 0 Å². The zero-order valence-corrected chi connectivity index (χ0v) is 26.0. The predicted octanol–water partition coefficient (Wildman–Crippen LogP) is 5.88. The first-order valence-electron chi connectivity index (χ1n) is 12.0. The minimum absolute atomic E-state index is 0.140. The van der Waals surface area contributed by atoms with E-state index in [1.54, 1.807) is 42.7 Å². The van der Waals surface area contributed by atoms with Gasteiger partial charge >= 0.3 is 25.7 Å². The topological polar surface area (TPSA) is 55.4 Å². The van der Waals surface area contributed by atoms with Gasteiger partial charge in [0.25, 0.3) is 0 Å². The second-order valence-electron chi connectivity index (χ2n) is 9.01. The molecule has 192 valence electrons. The molecule has 0 bridgehead atoms. The van der Waals surface area contributed by atoms with Gasteiger partial charge < -0.3 is 26.6 Å². The summed E-state index contributed by atoms with van der Waals surface area (Å²) in [6, 6.07) is 6.68. The van der Waals surface area contributed by atoms with Gasteiger partial charge in [0.2, 0.25) is 0 Å². The van der Waals surface area contributed by atoms with E-state index in [1.807, 2.05) is 0 Å². The van der Waals surface area contributed by atoms with E-state index in [-0.39, 0.29) is 16.6 Å². The zero-order chi connectivity index (χ0) is 25.4. The second-order valence-corrected chi connectivity index (χ2v) is 19.6. The summed E-state index contributed by atoms with van der Waals surface area (Å²) in [4.78, 5) is 0. The van der Waals surface area contributed by atoms with Crippen molar-refractivity contribution in [3.8, 4) is 0 Å². The Morgan fingerprint density at radius 2 is 0.818 bits per heavy atom. The van der Waals surface area contributed by atoms with Crippen molar-refractivity contribution in [2.45, 2.75) is 76.3 Å². The van der Waals surface area contributed by atoms with Gasteiger partial charge in [-0.3, -0.25) is 0 Å². The van der Waals surface area contributed by atoms with Crippen LogP contribution in [0.15, 0.2) is 18.2 Å². The maximum Gasteiger partial charge on any atom is 0.342 e. The maximum atomic E-state index is 6.12. The van der Waals surface area contributed by atoms with E-state index >= 15 is 0 Å². The minimum Gasteiger partial charge on any atom is -0.397 e. The molecule has 0 aromatic heterocycles. The Hall–Kier alpha value is -0.369. The Morgan fingerprint density at radius 1 is 0.545 bits per heavy atom. The molecule has 0 N–H and O–H groups in total. The molecule has 9 heteroatoms. The van der Waals surface area contributed by atoms with Crippen molar-refractivity contribution in [2.24, 2.45) is 0 Å². The van der Waals surface area contributed by atoms with Crippen LogP contribution in [0.3, 0.4) is 0 Å². The van der Waals surface area contributed by atoms with Gasteiger partial charge in [0.15, 0.2) is 0 Å². The summed E-state index contributed by atoms with van der Waals surface area (Å²) in [5, 5.41) is 0. The molecule has 1 rings (SSSR count). The average molecular weight is 517 g/mol. The average Bonchev–Trinajstić information content (AvgIpc) is 2.85. The normalized spacial score (nSPS) is 16.0. The highest BCUT2D eigenvalue weighted by atomic mass is 28.4. The Bertz CT molecular complexity index is 676. The van der Waals surface area contributed by atoms with Crippen molar-refractivity contribution in [1.29, 1.82) is 0 Å². The largest absolute Gasteiger partial charge is 0.397 e. The van der Waals surface area contributed by atoms with Gasteiger partial charge in [-0.05, 0) is 55.6 Å². The molecule has 0 radical (unpaired) electrons. The summed E-state index contributed by atoms with van der Waals surface area (Å²) in [5.41, 5.74) is 4.36. The van der Waals surface area contributed by atoms with Crippen molar-refractivity contribution < 1.29 is 26.6 Å². The van der Waals surface area contributed by atoms with E-state index in [1.165, 1.54) is 16.7 Å². The van der Waals surface area contributed by atoms with Gasteiger partial charge in [-0.25, -0.2) is 0 Å². The molecule has 0 aliphatic rings. The van der Waals surface area contributed by atoms with Crippen molar-refractivity contribution in [2.75, 3.05) is 42.7 Å². The Labute approximate surface area is 206 Å². The molecule has 1 aromatic rings. The summed E-state index contributed by atoms with van der Waals surface area (Å²) in [5.74, 6) is 0. The van der Waals surface area contributed by atoms with Gasteiger partial charge in [0.1, 0.15) is 0 Å². The zero-order valence-electron chi connectivity index (χ0n) is 23.0. The van der Waals surface area contributed by atoms with Crippen molar-refractivity contribution in [1.82, 2.24) is 0 Å². The molecule has 1 aromatic carbocycles. The van der Waals surface area contributed by atoms with Crippen LogP contribution < -0.4 is 0 Å². The van der Waals surface area contributed by atoms with Gasteiger partial charge in [0.05, 0.1) is 0 Å². The third-order valence-electron chi connectivity index (χ3n) is 7.83. The summed E-state index contributed by atoms with van der Waals surface area (Å²) >= 11 is 0. The molecule has 0 saturated carbocycles. The van der Waals surface area contributed by atoms with Crippen LogP contribution in [0.2, 0.25) is 19.6 Å². The fourth-order valence-corrected chi connectivity index (χ4v) is 12.2. The van der Waals surface area contributed by atoms with Gasteiger partial charge in [0, 0.05) is 59.3 Å². The molecule has 33 heavy (non-hydrogen) atoms. The van der Waals surface area contributed by atoms with Crippen LogP contribution in [0, 0.1) is 0 Å². The van der Waals surface area contributed by atoms with Crippen molar-refractivity contribution >= 4 is 25.7 Å². The van der Waals surface area contributed by atoms with E-state index in [2.05, 4.69) is 58.6 Å². The molecule has 0 fully saturated rings. The van der Waals surface area contributed by atoms with Crippen LogP contribution in [0.1, 0.15) is 73.3 Å². The fourth-order valence-electron chi connectivity index (χ4n) is 5.30. The Morgan fingerprint density at radius 3 is 1.06 bits per heavy atom.